The van der Waals surface area contributed by atoms with Crippen LogP contribution in [-0.4, -0.2) is 20.9 Å². The lowest BCUT2D eigenvalue weighted by Gasteiger charge is -2.31. The molecule has 1 aliphatic rings. The Kier molecular flexibility index (Phi) is 5.53. The molecule has 1 aliphatic heterocycles. The Hall–Kier alpha value is -2.34. The fourth-order valence-electron chi connectivity index (χ4n) is 3.98. The molecule has 1 N–H and O–H groups in total. The highest BCUT2D eigenvalue weighted by molar-refractivity contribution is 7.92. The quantitative estimate of drug-likeness (QED) is 0.830. The lowest BCUT2D eigenvalue weighted by molar-refractivity contribution is -0.121. The van der Waals surface area contributed by atoms with Crippen LogP contribution in [0.3, 0.4) is 0 Å². The van der Waals surface area contributed by atoms with Crippen molar-refractivity contribution in [3.8, 4) is 0 Å². The van der Waals surface area contributed by atoms with E-state index in [0.717, 1.165) is 40.8 Å². The van der Waals surface area contributed by atoms with Gasteiger partial charge in [-0.05, 0) is 62.4 Å². The molecule has 1 amide bonds. The maximum Gasteiger partial charge on any atom is 0.262 e. The largest absolute Gasteiger partial charge is 0.312 e. The van der Waals surface area contributed by atoms with Crippen LogP contribution >= 0.6 is 0 Å². The summed E-state index contributed by atoms with van der Waals surface area (Å²) in [5.74, 6) is -0.0460. The monoisotopic (exact) mass is 400 g/mol. The van der Waals surface area contributed by atoms with Gasteiger partial charge in [0, 0.05) is 18.2 Å². The maximum absolute atomic E-state index is 13.1. The van der Waals surface area contributed by atoms with E-state index in [1.807, 2.05) is 52.8 Å². The fraction of sp³-hybridized carbons (Fsp3) is 0.409. The van der Waals surface area contributed by atoms with Crippen molar-refractivity contribution in [2.75, 3.05) is 16.2 Å². The van der Waals surface area contributed by atoms with E-state index in [9.17, 15) is 13.2 Å². The minimum absolute atomic E-state index is 0.0613. The normalized spacial score (nSPS) is 14.1. The van der Waals surface area contributed by atoms with Crippen LogP contribution in [0.1, 0.15) is 42.5 Å². The molecule has 1 heterocycles. The molecule has 0 radical (unpaired) electrons. The number of anilines is 2. The van der Waals surface area contributed by atoms with Gasteiger partial charge in [-0.3, -0.25) is 9.52 Å². The third-order valence-electron chi connectivity index (χ3n) is 5.09. The zero-order valence-electron chi connectivity index (χ0n) is 17.2. The molecule has 0 fully saturated rings. The number of aryl methyl sites for hydroxylation is 4. The lowest BCUT2D eigenvalue weighted by atomic mass is 9.99. The number of rotatable bonds is 4. The van der Waals surface area contributed by atoms with Crippen molar-refractivity contribution in [3.63, 3.8) is 0 Å². The summed E-state index contributed by atoms with van der Waals surface area (Å²) in [7, 11) is -3.73. The SMILES string of the molecule is Cc1cc(C)c(S(=O)(=O)Nc2ccc3c(c2)N(C(=O)C(C)C)CCC3)c(C)c1. The van der Waals surface area contributed by atoms with E-state index in [1.54, 1.807) is 17.0 Å². The number of fused-ring (bicyclic) bond motifs is 1. The number of hydrogen-bond donors (Lipinski definition) is 1. The fourth-order valence-corrected chi connectivity index (χ4v) is 5.48. The molecule has 150 valence electrons. The van der Waals surface area contributed by atoms with Gasteiger partial charge >= 0.3 is 0 Å². The van der Waals surface area contributed by atoms with Crippen LogP contribution in [0.25, 0.3) is 0 Å². The molecule has 0 atom stereocenters. The number of amides is 1. The van der Waals surface area contributed by atoms with Gasteiger partial charge < -0.3 is 4.90 Å². The Labute approximate surface area is 167 Å². The molecule has 0 aliphatic carbocycles. The zero-order chi connectivity index (χ0) is 20.6. The number of carbonyl (C=O) groups is 1. The van der Waals surface area contributed by atoms with E-state index in [4.69, 9.17) is 0 Å². The molecule has 2 aromatic rings. The van der Waals surface area contributed by atoms with Crippen LogP contribution in [0.4, 0.5) is 11.4 Å². The first kappa shape index (κ1) is 20.4. The summed E-state index contributed by atoms with van der Waals surface area (Å²) >= 11 is 0. The second-order valence-electron chi connectivity index (χ2n) is 7.92. The molecular weight excluding hydrogens is 372 g/mol. The smallest absolute Gasteiger partial charge is 0.262 e. The van der Waals surface area contributed by atoms with Gasteiger partial charge in [0.1, 0.15) is 0 Å². The lowest BCUT2D eigenvalue weighted by Crippen LogP contribution is -2.38. The van der Waals surface area contributed by atoms with Crippen LogP contribution in [0.2, 0.25) is 0 Å². The van der Waals surface area contributed by atoms with E-state index in [2.05, 4.69) is 4.72 Å². The Bertz CT molecular complexity index is 1000. The Morgan fingerprint density at radius 2 is 1.71 bits per heavy atom. The van der Waals surface area contributed by atoms with Gasteiger partial charge in [-0.2, -0.15) is 0 Å². The van der Waals surface area contributed by atoms with E-state index < -0.39 is 10.0 Å². The van der Waals surface area contributed by atoms with Crippen LogP contribution in [0.15, 0.2) is 35.2 Å². The van der Waals surface area contributed by atoms with Gasteiger partial charge in [0.05, 0.1) is 10.6 Å². The summed E-state index contributed by atoms with van der Waals surface area (Å²) in [6, 6.07) is 9.22. The molecule has 28 heavy (non-hydrogen) atoms. The number of nitrogens with zero attached hydrogens (tertiary/aromatic N) is 1. The summed E-state index contributed by atoms with van der Waals surface area (Å²) in [5, 5.41) is 0. The molecule has 3 rings (SSSR count). The van der Waals surface area contributed by atoms with Crippen molar-refractivity contribution in [2.24, 2.45) is 5.92 Å². The van der Waals surface area contributed by atoms with E-state index in [1.165, 1.54) is 0 Å². The highest BCUT2D eigenvalue weighted by Crippen LogP contribution is 2.32. The number of carbonyl (C=O) groups excluding carboxylic acids is 1. The van der Waals surface area contributed by atoms with Gasteiger partial charge in [0.25, 0.3) is 10.0 Å². The summed E-state index contributed by atoms with van der Waals surface area (Å²) in [4.78, 5) is 14.7. The second-order valence-corrected chi connectivity index (χ2v) is 9.54. The molecule has 5 nitrogen and oxygen atoms in total. The Morgan fingerprint density at radius 3 is 2.32 bits per heavy atom. The van der Waals surface area contributed by atoms with Crippen molar-refractivity contribution < 1.29 is 13.2 Å². The average molecular weight is 401 g/mol. The van der Waals surface area contributed by atoms with Crippen molar-refractivity contribution in [3.05, 3.63) is 52.6 Å². The number of benzene rings is 2. The van der Waals surface area contributed by atoms with Crippen LogP contribution in [-0.2, 0) is 21.2 Å². The minimum atomic E-state index is -3.73. The third-order valence-corrected chi connectivity index (χ3v) is 6.78. The summed E-state index contributed by atoms with van der Waals surface area (Å²) in [5.41, 5.74) is 4.83. The molecule has 0 saturated heterocycles. The van der Waals surface area contributed by atoms with Crippen molar-refractivity contribution >= 4 is 27.3 Å². The first-order valence-corrected chi connectivity index (χ1v) is 11.1. The van der Waals surface area contributed by atoms with Crippen molar-refractivity contribution in [2.45, 2.75) is 52.4 Å². The Balaban J connectivity index is 1.98. The van der Waals surface area contributed by atoms with Gasteiger partial charge in [0.2, 0.25) is 5.91 Å². The van der Waals surface area contributed by atoms with Crippen molar-refractivity contribution in [1.82, 2.24) is 0 Å². The summed E-state index contributed by atoms with van der Waals surface area (Å²) in [6.07, 6.45) is 1.80. The predicted molar refractivity (Wildman–Crippen MR) is 113 cm³/mol. The Morgan fingerprint density at radius 1 is 1.07 bits per heavy atom. The molecule has 0 spiro atoms. The van der Waals surface area contributed by atoms with Crippen LogP contribution in [0.5, 0.6) is 0 Å². The topological polar surface area (TPSA) is 66.5 Å². The molecule has 0 bridgehead atoms. The maximum atomic E-state index is 13.1. The standard InChI is InChI=1S/C22H28N2O3S/c1-14(2)22(25)24-10-6-7-18-8-9-19(13-20(18)24)23-28(26,27)21-16(4)11-15(3)12-17(21)5/h8-9,11-14,23H,6-7,10H2,1-5H3. The van der Waals surface area contributed by atoms with E-state index >= 15 is 0 Å². The number of sulfonamides is 1. The van der Waals surface area contributed by atoms with E-state index in [-0.39, 0.29) is 11.8 Å². The molecule has 0 saturated carbocycles. The minimum Gasteiger partial charge on any atom is -0.312 e. The first-order chi connectivity index (χ1) is 13.1. The third kappa shape index (κ3) is 3.92. The van der Waals surface area contributed by atoms with Gasteiger partial charge in [-0.15, -0.1) is 0 Å². The van der Waals surface area contributed by atoms with E-state index in [0.29, 0.717) is 17.1 Å². The van der Waals surface area contributed by atoms with Crippen LogP contribution < -0.4 is 9.62 Å². The number of nitrogens with one attached hydrogen (secondary N) is 1. The van der Waals surface area contributed by atoms with Crippen LogP contribution in [0, 0.1) is 26.7 Å². The molecular formula is C22H28N2O3S. The van der Waals surface area contributed by atoms with Gasteiger partial charge in [0.15, 0.2) is 0 Å². The predicted octanol–water partition coefficient (Wildman–Crippen LogP) is 4.35. The molecule has 2 aromatic carbocycles. The average Bonchev–Trinajstić information content (AvgIpc) is 2.58. The van der Waals surface area contributed by atoms with Gasteiger partial charge in [-0.1, -0.05) is 37.6 Å². The van der Waals surface area contributed by atoms with Crippen molar-refractivity contribution in [1.29, 1.82) is 0 Å². The molecule has 6 heteroatoms. The van der Waals surface area contributed by atoms with Gasteiger partial charge in [-0.25, -0.2) is 8.42 Å². The second kappa shape index (κ2) is 7.59. The summed E-state index contributed by atoms with van der Waals surface area (Å²) < 4.78 is 28.8. The zero-order valence-corrected chi connectivity index (χ0v) is 18.0. The summed E-state index contributed by atoms with van der Waals surface area (Å²) in [6.45, 7) is 10.00. The first-order valence-electron chi connectivity index (χ1n) is 9.65. The molecule has 0 aromatic heterocycles. The highest BCUT2D eigenvalue weighted by Gasteiger charge is 2.26. The highest BCUT2D eigenvalue weighted by atomic mass is 32.2. The number of hydrogen-bond acceptors (Lipinski definition) is 3. The molecule has 0 unspecified atom stereocenters.